The molecule has 0 unspecified atom stereocenters. The van der Waals surface area contributed by atoms with Crippen LogP contribution in [-0.4, -0.2) is 39.5 Å². The molecule has 0 saturated heterocycles. The summed E-state index contributed by atoms with van der Waals surface area (Å²) in [4.78, 5) is 13.3. The van der Waals surface area contributed by atoms with E-state index in [0.29, 0.717) is 6.42 Å². The standard InChI is InChI=1S/C19H35N3OSi3/c1-24(2,3)20-22(26(7,8)9)19(23)14-16-15-21(25(4,5)6)18-13-11-10-12-17(16)18/h10-13,15,20H,14H2,1-9H3. The molecule has 1 aromatic carbocycles. The molecule has 1 N–H and O–H groups in total. The van der Waals surface area contributed by atoms with Crippen molar-refractivity contribution in [3.63, 3.8) is 0 Å². The molecule has 0 spiro atoms. The van der Waals surface area contributed by atoms with Gasteiger partial charge in [0.25, 0.3) is 0 Å². The Morgan fingerprint density at radius 3 is 2.08 bits per heavy atom. The van der Waals surface area contributed by atoms with Crippen LogP contribution in [0.1, 0.15) is 5.56 Å². The topological polar surface area (TPSA) is 37.3 Å². The third kappa shape index (κ3) is 4.97. The van der Waals surface area contributed by atoms with E-state index in [1.54, 1.807) is 0 Å². The number of aromatic nitrogens is 1. The van der Waals surface area contributed by atoms with Crippen molar-refractivity contribution in [1.82, 2.24) is 14.0 Å². The monoisotopic (exact) mass is 405 g/mol. The Bertz CT molecular complexity index is 795. The Morgan fingerprint density at radius 1 is 1.00 bits per heavy atom. The molecular formula is C19H35N3OSi3. The maximum Gasteiger partial charge on any atom is 0.232 e. The molecule has 26 heavy (non-hydrogen) atoms. The quantitative estimate of drug-likeness (QED) is 0.550. The summed E-state index contributed by atoms with van der Waals surface area (Å²) in [5.41, 5.74) is 2.40. The molecule has 0 fully saturated rings. The lowest BCUT2D eigenvalue weighted by Crippen LogP contribution is -2.64. The second-order valence-electron chi connectivity index (χ2n) is 10.2. The summed E-state index contributed by atoms with van der Waals surface area (Å²) in [6, 6.07) is 8.49. The van der Waals surface area contributed by atoms with E-state index in [4.69, 9.17) is 0 Å². The summed E-state index contributed by atoms with van der Waals surface area (Å²) in [5.74, 6) is 0.199. The van der Waals surface area contributed by atoms with E-state index in [2.05, 4.69) is 98.7 Å². The number of nitrogens with one attached hydrogen (secondary N) is 1. The number of hydrogen-bond donors (Lipinski definition) is 1. The van der Waals surface area contributed by atoms with Gasteiger partial charge in [-0.1, -0.05) is 77.1 Å². The minimum absolute atomic E-state index is 0.199. The van der Waals surface area contributed by atoms with Crippen molar-refractivity contribution in [3.8, 4) is 0 Å². The maximum atomic E-state index is 13.3. The van der Waals surface area contributed by atoms with Crippen LogP contribution >= 0.6 is 0 Å². The van der Waals surface area contributed by atoms with Crippen LogP contribution in [-0.2, 0) is 11.2 Å². The second-order valence-corrected chi connectivity index (χ2v) is 24.5. The number of carbonyl (C=O) groups is 1. The van der Waals surface area contributed by atoms with Gasteiger partial charge in [-0.15, -0.1) is 0 Å². The summed E-state index contributed by atoms with van der Waals surface area (Å²) in [6.45, 7) is 20.4. The van der Waals surface area contributed by atoms with Crippen molar-refractivity contribution in [2.75, 3.05) is 0 Å². The molecule has 2 rings (SSSR count). The minimum atomic E-state index is -1.80. The summed E-state index contributed by atoms with van der Waals surface area (Å²) in [6.07, 6.45) is 2.69. The second kappa shape index (κ2) is 7.10. The number of hydrogen-bond acceptors (Lipinski definition) is 2. The predicted molar refractivity (Wildman–Crippen MR) is 121 cm³/mol. The summed E-state index contributed by atoms with van der Waals surface area (Å²) < 4.78 is 4.43. The number of para-hydroxylation sites is 1. The third-order valence-electron chi connectivity index (χ3n) is 4.23. The van der Waals surface area contributed by atoms with Gasteiger partial charge in [-0.3, -0.25) is 9.89 Å². The predicted octanol–water partition coefficient (Wildman–Crippen LogP) is 4.87. The molecule has 0 atom stereocenters. The summed E-state index contributed by atoms with van der Waals surface area (Å²) in [7, 11) is -4.94. The fraction of sp³-hybridized carbons (Fsp3) is 0.526. The van der Waals surface area contributed by atoms with Gasteiger partial charge in [-0.25, -0.2) is 0 Å². The van der Waals surface area contributed by atoms with Gasteiger partial charge >= 0.3 is 0 Å². The zero-order valence-electron chi connectivity index (χ0n) is 17.9. The molecule has 0 aliphatic rings. The van der Waals surface area contributed by atoms with E-state index in [0.717, 1.165) is 5.56 Å². The van der Waals surface area contributed by atoms with Gasteiger partial charge in [0, 0.05) is 10.9 Å². The number of fused-ring (bicyclic) bond motifs is 1. The van der Waals surface area contributed by atoms with Crippen LogP contribution in [0.5, 0.6) is 0 Å². The minimum Gasteiger partial charge on any atom is -0.374 e. The first-order valence-electron chi connectivity index (χ1n) is 9.40. The van der Waals surface area contributed by atoms with Crippen molar-refractivity contribution in [2.45, 2.75) is 65.3 Å². The molecule has 1 heterocycles. The highest BCUT2D eigenvalue weighted by Gasteiger charge is 2.33. The van der Waals surface area contributed by atoms with Crippen LogP contribution in [0.25, 0.3) is 10.9 Å². The third-order valence-corrected chi connectivity index (χ3v) is 8.86. The molecule has 0 bridgehead atoms. The number of amides is 1. The molecule has 2 aromatic rings. The van der Waals surface area contributed by atoms with Gasteiger partial charge in [0.1, 0.15) is 8.24 Å². The number of nitrogens with zero attached hydrogens (tertiary/aromatic N) is 2. The zero-order chi connectivity index (χ0) is 19.9. The smallest absolute Gasteiger partial charge is 0.232 e. The Morgan fingerprint density at radius 2 is 1.58 bits per heavy atom. The molecular weight excluding hydrogens is 370 g/mol. The van der Waals surface area contributed by atoms with Crippen molar-refractivity contribution < 1.29 is 4.79 Å². The molecule has 0 radical (unpaired) electrons. The van der Waals surface area contributed by atoms with Crippen LogP contribution < -0.4 is 5.09 Å². The molecule has 4 nitrogen and oxygen atoms in total. The molecule has 0 aliphatic carbocycles. The van der Waals surface area contributed by atoms with Crippen LogP contribution in [0.3, 0.4) is 0 Å². The number of carbonyl (C=O) groups excluding carboxylic acids is 1. The van der Waals surface area contributed by atoms with E-state index in [-0.39, 0.29) is 5.91 Å². The van der Waals surface area contributed by atoms with Gasteiger partial charge < -0.3 is 8.91 Å². The van der Waals surface area contributed by atoms with E-state index < -0.39 is 24.7 Å². The average Bonchev–Trinajstić information content (AvgIpc) is 2.82. The fourth-order valence-electron chi connectivity index (χ4n) is 3.13. The largest absolute Gasteiger partial charge is 0.374 e. The van der Waals surface area contributed by atoms with Crippen molar-refractivity contribution in [3.05, 3.63) is 36.0 Å². The molecule has 7 heteroatoms. The zero-order valence-corrected chi connectivity index (χ0v) is 20.9. The van der Waals surface area contributed by atoms with Gasteiger partial charge in [0.05, 0.1) is 6.42 Å². The van der Waals surface area contributed by atoms with Crippen molar-refractivity contribution >= 4 is 41.5 Å². The highest BCUT2D eigenvalue weighted by Crippen LogP contribution is 2.26. The summed E-state index contributed by atoms with van der Waals surface area (Å²) in [5, 5.41) is 4.80. The molecule has 144 valence electrons. The first kappa shape index (κ1) is 21.1. The SMILES string of the molecule is C[Si](C)(C)NN(C(=O)Cc1cn([Si](C)(C)C)c2ccccc12)[Si](C)(C)C. The van der Waals surface area contributed by atoms with Crippen LogP contribution in [0.15, 0.2) is 30.5 Å². The summed E-state index contributed by atoms with van der Waals surface area (Å²) >= 11 is 0. The van der Waals surface area contributed by atoms with Gasteiger partial charge in [-0.2, -0.15) is 0 Å². The van der Waals surface area contributed by atoms with Crippen LogP contribution in [0, 0.1) is 0 Å². The lowest BCUT2D eigenvalue weighted by Gasteiger charge is -2.39. The molecule has 1 aromatic heterocycles. The van der Waals surface area contributed by atoms with E-state index in [1.165, 1.54) is 10.9 Å². The molecule has 0 saturated carbocycles. The van der Waals surface area contributed by atoms with Crippen molar-refractivity contribution in [1.29, 1.82) is 0 Å². The average molecular weight is 406 g/mol. The lowest BCUT2D eigenvalue weighted by molar-refractivity contribution is -0.127. The maximum absolute atomic E-state index is 13.3. The number of rotatable bonds is 6. The van der Waals surface area contributed by atoms with E-state index in [1.807, 2.05) is 4.67 Å². The van der Waals surface area contributed by atoms with E-state index in [9.17, 15) is 4.79 Å². The highest BCUT2D eigenvalue weighted by molar-refractivity contribution is 6.79. The Kier molecular flexibility index (Phi) is 5.78. The van der Waals surface area contributed by atoms with Crippen molar-refractivity contribution in [2.24, 2.45) is 0 Å². The van der Waals surface area contributed by atoms with Crippen LogP contribution in [0.2, 0.25) is 58.9 Å². The Balaban J connectivity index is 2.42. The Labute approximate surface area is 161 Å². The molecule has 1 amide bonds. The Hall–Kier alpha value is -1.16. The first-order chi connectivity index (χ1) is 11.7. The number of hydrazine groups is 1. The first-order valence-corrected chi connectivity index (χ1v) is 19.8. The van der Waals surface area contributed by atoms with E-state index >= 15 is 0 Å². The fourth-order valence-corrected chi connectivity index (χ4v) is 8.56. The number of benzene rings is 1. The highest BCUT2D eigenvalue weighted by atomic mass is 28.3. The van der Waals surface area contributed by atoms with Crippen LogP contribution in [0.4, 0.5) is 0 Å². The van der Waals surface area contributed by atoms with Gasteiger partial charge in [-0.05, 0) is 17.8 Å². The lowest BCUT2D eigenvalue weighted by atomic mass is 10.1. The molecule has 0 aliphatic heterocycles. The van der Waals surface area contributed by atoms with Gasteiger partial charge in [0.15, 0.2) is 16.5 Å². The van der Waals surface area contributed by atoms with Gasteiger partial charge in [0.2, 0.25) is 5.91 Å². The normalized spacial score (nSPS) is 13.3.